The lowest BCUT2D eigenvalue weighted by molar-refractivity contribution is -0.131. The molecule has 3 atom stereocenters. The molecule has 0 aromatic heterocycles. The maximum Gasteiger partial charge on any atom is 0.339 e. The van der Waals surface area contributed by atoms with Crippen LogP contribution < -0.4 is 20.7 Å². The first-order chi connectivity index (χ1) is 17.3. The average molecular weight is 495 g/mol. The Balaban J connectivity index is 1.51. The third kappa shape index (κ3) is 4.84. The summed E-state index contributed by atoms with van der Waals surface area (Å²) in [6.45, 7) is 10.9. The minimum atomic E-state index is -0.880. The first kappa shape index (κ1) is 24.7. The van der Waals surface area contributed by atoms with Crippen molar-refractivity contribution in [1.82, 2.24) is 0 Å². The molecule has 0 N–H and O–H groups in total. The summed E-state index contributed by atoms with van der Waals surface area (Å²) in [4.78, 5) is 13.7. The van der Waals surface area contributed by atoms with Crippen molar-refractivity contribution in [1.29, 1.82) is 0 Å². The van der Waals surface area contributed by atoms with Crippen molar-refractivity contribution >= 4 is 29.8 Å². The molecule has 3 aromatic carbocycles. The van der Waals surface area contributed by atoms with Crippen LogP contribution in [0, 0.1) is 37.5 Å². The van der Waals surface area contributed by atoms with Crippen LogP contribution in [-0.2, 0) is 4.79 Å². The molecule has 2 bridgehead atoms. The van der Waals surface area contributed by atoms with Crippen molar-refractivity contribution in [2.24, 2.45) is 23.7 Å². The van der Waals surface area contributed by atoms with Gasteiger partial charge in [-0.1, -0.05) is 109 Å². The lowest BCUT2D eigenvalue weighted by Crippen LogP contribution is -2.36. The predicted molar refractivity (Wildman–Crippen MR) is 152 cm³/mol. The Morgan fingerprint density at radius 2 is 1.42 bits per heavy atom. The molecule has 0 saturated heterocycles. The molecule has 0 spiro atoms. The summed E-state index contributed by atoms with van der Waals surface area (Å²) in [5.41, 5.74) is 4.69. The maximum absolute atomic E-state index is 13.7. The van der Waals surface area contributed by atoms with E-state index in [4.69, 9.17) is 4.74 Å². The van der Waals surface area contributed by atoms with Crippen LogP contribution in [0.1, 0.15) is 38.3 Å². The number of fused-ring (bicyclic) bond motifs is 1. The van der Waals surface area contributed by atoms with Crippen LogP contribution in [0.3, 0.4) is 0 Å². The summed E-state index contributed by atoms with van der Waals surface area (Å²) in [5.74, 6) is 1.97. The topological polar surface area (TPSA) is 26.3 Å². The summed E-state index contributed by atoms with van der Waals surface area (Å²) in [6, 6.07) is 25.6. The Kier molecular flexibility index (Phi) is 7.00. The maximum atomic E-state index is 13.7. The van der Waals surface area contributed by atoms with Gasteiger partial charge in [-0.3, -0.25) is 0 Å². The molecule has 0 heterocycles. The molecule has 0 saturated carbocycles. The first-order valence-corrected chi connectivity index (χ1v) is 14.3. The molecule has 0 fully saturated rings. The molecule has 0 radical (unpaired) electrons. The van der Waals surface area contributed by atoms with Gasteiger partial charge in [0.2, 0.25) is 0 Å². The van der Waals surface area contributed by atoms with Gasteiger partial charge < -0.3 is 4.74 Å². The molecule has 36 heavy (non-hydrogen) atoms. The molecule has 0 unspecified atom stereocenters. The zero-order valence-electron chi connectivity index (χ0n) is 21.9. The highest BCUT2D eigenvalue weighted by atomic mass is 31.1. The molecule has 3 aliphatic rings. The highest BCUT2D eigenvalue weighted by Crippen LogP contribution is 2.47. The number of aryl methyl sites for hydroxylation is 2. The van der Waals surface area contributed by atoms with Crippen LogP contribution >= 0.6 is 7.92 Å². The number of allylic oxidation sites excluding steroid dienone is 3. The molecule has 0 aliphatic heterocycles. The molecule has 2 nitrogen and oxygen atoms in total. The number of hydrogen-bond acceptors (Lipinski definition) is 2. The van der Waals surface area contributed by atoms with E-state index in [-0.39, 0.29) is 11.9 Å². The smallest absolute Gasteiger partial charge is 0.339 e. The zero-order chi connectivity index (χ0) is 25.4. The quantitative estimate of drug-likeness (QED) is 0.164. The van der Waals surface area contributed by atoms with E-state index in [0.717, 1.165) is 17.3 Å². The van der Waals surface area contributed by atoms with Crippen LogP contribution in [-0.4, -0.2) is 5.97 Å². The standard InChI is InChI=1S/C33H35O2P/c1-21(2)28-19-25-20-30(29(28)18-24(25)5)33(34)35-31-8-6-7-9-32(31)36(26-14-10-22(3)11-15-26)27-16-12-23(4)13-17-27/h6-18,20-21,25,28-29H,19H2,1-5H3/t25-,28-,29+/m1/s1. The third-order valence-electron chi connectivity index (χ3n) is 7.74. The SMILES string of the molecule is CC1=C[C@@H]2C(C(=O)Oc3ccccc3P(c3ccc(C)cc3)c3ccc(C)cc3)=C[C@H]1C[C@@H]2C(C)C. The minimum absolute atomic E-state index is 0.144. The van der Waals surface area contributed by atoms with E-state index in [1.165, 1.54) is 27.3 Å². The summed E-state index contributed by atoms with van der Waals surface area (Å²) < 4.78 is 6.25. The Hall–Kier alpha value is -2.96. The number of rotatable bonds is 6. The highest BCUT2D eigenvalue weighted by molar-refractivity contribution is 7.80. The summed E-state index contributed by atoms with van der Waals surface area (Å²) in [7, 11) is -0.880. The monoisotopic (exact) mass is 494 g/mol. The normalized spacial score (nSPS) is 20.9. The van der Waals surface area contributed by atoms with E-state index in [0.29, 0.717) is 23.5 Å². The van der Waals surface area contributed by atoms with Crippen LogP contribution in [0.4, 0.5) is 0 Å². The van der Waals surface area contributed by atoms with E-state index >= 15 is 0 Å². The first-order valence-electron chi connectivity index (χ1n) is 13.0. The number of carbonyl (C=O) groups is 1. The lowest BCUT2D eigenvalue weighted by atomic mass is 9.63. The molecule has 6 rings (SSSR count). The molecule has 184 valence electrons. The fourth-order valence-electron chi connectivity index (χ4n) is 5.60. The number of carbonyl (C=O) groups excluding carboxylic acids is 1. The molecule has 3 aliphatic carbocycles. The second-order valence-electron chi connectivity index (χ2n) is 10.7. The summed E-state index contributed by atoms with van der Waals surface area (Å²) >= 11 is 0. The number of hydrogen-bond donors (Lipinski definition) is 0. The summed E-state index contributed by atoms with van der Waals surface area (Å²) in [6.07, 6.45) is 5.61. The molecule has 0 amide bonds. The van der Waals surface area contributed by atoms with Gasteiger partial charge in [-0.25, -0.2) is 4.79 Å². The van der Waals surface area contributed by atoms with Crippen molar-refractivity contribution < 1.29 is 9.53 Å². The van der Waals surface area contributed by atoms with Crippen LogP contribution in [0.5, 0.6) is 5.75 Å². The molecule has 3 aromatic rings. The van der Waals surface area contributed by atoms with Crippen LogP contribution in [0.25, 0.3) is 0 Å². The fraction of sp³-hybridized carbons (Fsp3) is 0.303. The molecular formula is C33H35O2P. The van der Waals surface area contributed by atoms with Crippen molar-refractivity contribution in [3.63, 3.8) is 0 Å². The predicted octanol–water partition coefficient (Wildman–Crippen LogP) is 6.76. The number of ether oxygens (including phenoxy) is 1. The zero-order valence-corrected chi connectivity index (χ0v) is 22.8. The van der Waals surface area contributed by atoms with Gasteiger partial charge in [0.05, 0.1) is 0 Å². The van der Waals surface area contributed by atoms with Crippen LogP contribution in [0.15, 0.2) is 96.1 Å². The van der Waals surface area contributed by atoms with E-state index in [2.05, 4.69) is 101 Å². The number of para-hydroxylation sites is 1. The number of esters is 1. The van der Waals surface area contributed by atoms with Crippen molar-refractivity contribution in [3.05, 3.63) is 107 Å². The molecule has 3 heteroatoms. The third-order valence-corrected chi connectivity index (χ3v) is 10.2. The fourth-order valence-corrected chi connectivity index (χ4v) is 7.92. The van der Waals surface area contributed by atoms with Gasteiger partial charge in [0.25, 0.3) is 0 Å². The minimum Gasteiger partial charge on any atom is -0.422 e. The van der Waals surface area contributed by atoms with Gasteiger partial charge in [0, 0.05) is 16.8 Å². The van der Waals surface area contributed by atoms with Gasteiger partial charge in [-0.15, -0.1) is 0 Å². The highest BCUT2D eigenvalue weighted by Gasteiger charge is 2.40. The average Bonchev–Trinajstić information content (AvgIpc) is 2.87. The largest absolute Gasteiger partial charge is 0.422 e. The Bertz CT molecular complexity index is 1270. The molecular weight excluding hydrogens is 459 g/mol. The van der Waals surface area contributed by atoms with E-state index < -0.39 is 7.92 Å². The van der Waals surface area contributed by atoms with Crippen molar-refractivity contribution in [2.75, 3.05) is 0 Å². The Morgan fingerprint density at radius 1 is 0.833 bits per heavy atom. The van der Waals surface area contributed by atoms with Crippen molar-refractivity contribution in [3.8, 4) is 5.75 Å². The van der Waals surface area contributed by atoms with Gasteiger partial charge in [-0.2, -0.15) is 0 Å². The van der Waals surface area contributed by atoms with Gasteiger partial charge in [0.15, 0.2) is 0 Å². The summed E-state index contributed by atoms with van der Waals surface area (Å²) in [5, 5.41) is 3.57. The Labute approximate surface area is 216 Å². The lowest BCUT2D eigenvalue weighted by Gasteiger charge is -2.41. The van der Waals surface area contributed by atoms with Crippen molar-refractivity contribution in [2.45, 2.75) is 41.0 Å². The second-order valence-corrected chi connectivity index (χ2v) is 12.9. The Morgan fingerprint density at radius 3 is 1.97 bits per heavy atom. The van der Waals surface area contributed by atoms with Gasteiger partial charge in [0.1, 0.15) is 5.75 Å². The van der Waals surface area contributed by atoms with Gasteiger partial charge >= 0.3 is 5.97 Å². The van der Waals surface area contributed by atoms with E-state index in [1.54, 1.807) is 0 Å². The number of benzene rings is 3. The van der Waals surface area contributed by atoms with E-state index in [1.807, 2.05) is 18.2 Å². The van der Waals surface area contributed by atoms with Gasteiger partial charge in [-0.05, 0) is 69.5 Å². The van der Waals surface area contributed by atoms with E-state index in [9.17, 15) is 4.79 Å². The second kappa shape index (κ2) is 10.2. The van der Waals surface area contributed by atoms with Crippen LogP contribution in [0.2, 0.25) is 0 Å².